The Morgan fingerprint density at radius 1 is 1.03 bits per heavy atom. The van der Waals surface area contributed by atoms with Gasteiger partial charge in [-0.25, -0.2) is 0 Å². The van der Waals surface area contributed by atoms with Gasteiger partial charge in [0, 0.05) is 16.9 Å². The number of benzene rings is 3. The summed E-state index contributed by atoms with van der Waals surface area (Å²) in [5.74, 6) is 0.280. The highest BCUT2D eigenvalue weighted by atomic mass is 32.1. The van der Waals surface area contributed by atoms with Gasteiger partial charge in [0.15, 0.2) is 11.7 Å². The minimum absolute atomic E-state index is 0.00661. The van der Waals surface area contributed by atoms with E-state index >= 15 is 0 Å². The van der Waals surface area contributed by atoms with Crippen molar-refractivity contribution in [3.05, 3.63) is 89.0 Å². The second-order valence-corrected chi connectivity index (χ2v) is 8.04. The molecule has 0 aliphatic carbocycles. The topological polar surface area (TPSA) is 70.7 Å². The van der Waals surface area contributed by atoms with Crippen LogP contribution in [0.4, 0.5) is 11.4 Å². The molecule has 6 nitrogen and oxygen atoms in total. The van der Waals surface area contributed by atoms with Gasteiger partial charge in [-0.05, 0) is 85.2 Å². The summed E-state index contributed by atoms with van der Waals surface area (Å²) in [5.41, 5.74) is 5.53. The van der Waals surface area contributed by atoms with Crippen molar-refractivity contribution in [1.82, 2.24) is 5.32 Å². The van der Waals surface area contributed by atoms with Gasteiger partial charge in [0.1, 0.15) is 5.75 Å². The van der Waals surface area contributed by atoms with E-state index in [1.165, 1.54) is 0 Å². The van der Waals surface area contributed by atoms with Crippen LogP contribution in [0.25, 0.3) is 0 Å². The standard InChI is InChI=1S/C25H23N3O3S/c1-16-7-12-21(13-17(16)2)31-15-23(29)27-25(32)26-19-8-10-20(11-9-19)28-14-18-5-3-4-6-22(18)24(28)30/h3-13H,14-15H2,1-2H3,(H2,26,27,29,32). The molecule has 0 fully saturated rings. The number of rotatable bonds is 5. The Morgan fingerprint density at radius 3 is 2.50 bits per heavy atom. The number of aryl methyl sites for hydroxylation is 2. The first-order chi connectivity index (χ1) is 15.4. The van der Waals surface area contributed by atoms with E-state index in [2.05, 4.69) is 10.6 Å². The second kappa shape index (κ2) is 9.20. The third-order valence-corrected chi connectivity index (χ3v) is 5.56. The Kier molecular flexibility index (Phi) is 6.18. The number of nitrogens with zero attached hydrogens (tertiary/aromatic N) is 1. The highest BCUT2D eigenvalue weighted by Crippen LogP contribution is 2.28. The van der Waals surface area contributed by atoms with E-state index in [1.807, 2.05) is 80.6 Å². The van der Waals surface area contributed by atoms with E-state index < -0.39 is 0 Å². The number of thiocarbonyl (C=S) groups is 1. The molecule has 0 spiro atoms. The third-order valence-electron chi connectivity index (χ3n) is 5.36. The van der Waals surface area contributed by atoms with E-state index in [1.54, 1.807) is 4.90 Å². The number of ether oxygens (including phenoxy) is 1. The van der Waals surface area contributed by atoms with Crippen LogP contribution in [0, 0.1) is 13.8 Å². The Bertz CT molecular complexity index is 1190. The van der Waals surface area contributed by atoms with Gasteiger partial charge >= 0.3 is 0 Å². The summed E-state index contributed by atoms with van der Waals surface area (Å²) in [6.07, 6.45) is 0. The summed E-state index contributed by atoms with van der Waals surface area (Å²) in [5, 5.41) is 5.76. The van der Waals surface area contributed by atoms with Crippen LogP contribution in [0.2, 0.25) is 0 Å². The van der Waals surface area contributed by atoms with E-state index in [0.717, 1.165) is 27.9 Å². The van der Waals surface area contributed by atoms with Crippen molar-refractivity contribution in [3.8, 4) is 5.75 Å². The van der Waals surface area contributed by atoms with Gasteiger partial charge in [-0.15, -0.1) is 0 Å². The van der Waals surface area contributed by atoms with Crippen molar-refractivity contribution in [2.24, 2.45) is 0 Å². The summed E-state index contributed by atoms with van der Waals surface area (Å²) >= 11 is 5.22. The summed E-state index contributed by atoms with van der Waals surface area (Å²) in [6.45, 7) is 4.42. The summed E-state index contributed by atoms with van der Waals surface area (Å²) in [4.78, 5) is 26.5. The molecule has 0 radical (unpaired) electrons. The largest absolute Gasteiger partial charge is 0.484 e. The minimum atomic E-state index is -0.349. The lowest BCUT2D eigenvalue weighted by Crippen LogP contribution is -2.37. The van der Waals surface area contributed by atoms with Crippen molar-refractivity contribution >= 4 is 40.5 Å². The molecule has 4 rings (SSSR count). The third kappa shape index (κ3) is 4.78. The Balaban J connectivity index is 1.29. The number of carbonyl (C=O) groups is 2. The molecule has 0 atom stereocenters. The first kappa shape index (κ1) is 21.5. The average Bonchev–Trinajstić information content (AvgIpc) is 3.12. The summed E-state index contributed by atoms with van der Waals surface area (Å²) in [6, 6.07) is 20.6. The van der Waals surface area contributed by atoms with Crippen LogP contribution in [0.15, 0.2) is 66.7 Å². The number of amides is 2. The van der Waals surface area contributed by atoms with Crippen LogP contribution in [-0.4, -0.2) is 23.5 Å². The molecular formula is C25H23N3O3S. The van der Waals surface area contributed by atoms with Crippen LogP contribution < -0.4 is 20.3 Å². The quantitative estimate of drug-likeness (QED) is 0.571. The van der Waals surface area contributed by atoms with Gasteiger partial charge in [-0.1, -0.05) is 24.3 Å². The molecule has 3 aromatic carbocycles. The van der Waals surface area contributed by atoms with Gasteiger partial charge in [0.05, 0.1) is 6.54 Å². The summed E-state index contributed by atoms with van der Waals surface area (Å²) in [7, 11) is 0. The fraction of sp³-hybridized carbons (Fsp3) is 0.160. The van der Waals surface area contributed by atoms with Crippen LogP contribution in [0.3, 0.4) is 0 Å². The summed E-state index contributed by atoms with van der Waals surface area (Å²) < 4.78 is 5.53. The lowest BCUT2D eigenvalue weighted by molar-refractivity contribution is -0.121. The molecule has 0 bridgehead atoms. The second-order valence-electron chi connectivity index (χ2n) is 7.63. The zero-order valence-electron chi connectivity index (χ0n) is 17.8. The van der Waals surface area contributed by atoms with E-state index in [4.69, 9.17) is 17.0 Å². The highest BCUT2D eigenvalue weighted by molar-refractivity contribution is 7.80. The molecule has 32 heavy (non-hydrogen) atoms. The smallest absolute Gasteiger partial charge is 0.264 e. The predicted octanol–water partition coefficient (Wildman–Crippen LogP) is 4.36. The van der Waals surface area contributed by atoms with E-state index in [0.29, 0.717) is 18.0 Å². The lowest BCUT2D eigenvalue weighted by atomic mass is 10.1. The fourth-order valence-corrected chi connectivity index (χ4v) is 3.70. The highest BCUT2D eigenvalue weighted by Gasteiger charge is 2.27. The van der Waals surface area contributed by atoms with Crippen LogP contribution >= 0.6 is 12.2 Å². The average molecular weight is 446 g/mol. The lowest BCUT2D eigenvalue weighted by Gasteiger charge is -2.17. The molecule has 2 amide bonds. The number of fused-ring (bicyclic) bond motifs is 1. The van der Waals surface area contributed by atoms with Gasteiger partial charge in [-0.2, -0.15) is 0 Å². The zero-order valence-corrected chi connectivity index (χ0v) is 18.7. The van der Waals surface area contributed by atoms with Gasteiger partial charge in [-0.3, -0.25) is 14.9 Å². The number of hydrogen-bond donors (Lipinski definition) is 2. The Labute approximate surface area is 192 Å². The number of carbonyl (C=O) groups excluding carboxylic acids is 2. The Hall–Kier alpha value is -3.71. The Morgan fingerprint density at radius 2 is 1.78 bits per heavy atom. The van der Waals surface area contributed by atoms with Crippen LogP contribution in [-0.2, 0) is 11.3 Å². The van der Waals surface area contributed by atoms with E-state index in [9.17, 15) is 9.59 Å². The van der Waals surface area contributed by atoms with Crippen molar-refractivity contribution in [2.45, 2.75) is 20.4 Å². The number of hydrogen-bond acceptors (Lipinski definition) is 4. The normalized spacial score (nSPS) is 12.3. The van der Waals surface area contributed by atoms with Crippen molar-refractivity contribution < 1.29 is 14.3 Å². The van der Waals surface area contributed by atoms with Crippen LogP contribution in [0.1, 0.15) is 27.0 Å². The molecular weight excluding hydrogens is 422 g/mol. The van der Waals surface area contributed by atoms with Crippen LogP contribution in [0.5, 0.6) is 5.75 Å². The molecule has 1 heterocycles. The molecule has 1 aliphatic rings. The molecule has 0 unspecified atom stereocenters. The van der Waals surface area contributed by atoms with Gasteiger partial charge in [0.2, 0.25) is 0 Å². The molecule has 3 aromatic rings. The molecule has 1 aliphatic heterocycles. The van der Waals surface area contributed by atoms with Crippen molar-refractivity contribution in [3.63, 3.8) is 0 Å². The minimum Gasteiger partial charge on any atom is -0.484 e. The maximum Gasteiger partial charge on any atom is 0.264 e. The molecule has 162 valence electrons. The first-order valence-corrected chi connectivity index (χ1v) is 10.6. The molecule has 0 saturated carbocycles. The molecule has 2 N–H and O–H groups in total. The zero-order chi connectivity index (χ0) is 22.7. The van der Waals surface area contributed by atoms with Crippen molar-refractivity contribution in [2.75, 3.05) is 16.8 Å². The number of anilines is 2. The SMILES string of the molecule is Cc1ccc(OCC(=O)NC(=S)Nc2ccc(N3Cc4ccccc4C3=O)cc2)cc1C. The molecule has 0 aromatic heterocycles. The van der Waals surface area contributed by atoms with E-state index in [-0.39, 0.29) is 23.5 Å². The van der Waals surface area contributed by atoms with Crippen molar-refractivity contribution in [1.29, 1.82) is 0 Å². The fourth-order valence-electron chi connectivity index (χ4n) is 3.47. The predicted molar refractivity (Wildman–Crippen MR) is 129 cm³/mol. The van der Waals surface area contributed by atoms with Gasteiger partial charge < -0.3 is 15.0 Å². The maximum absolute atomic E-state index is 12.6. The maximum atomic E-state index is 12.6. The first-order valence-electron chi connectivity index (χ1n) is 10.2. The monoisotopic (exact) mass is 445 g/mol. The van der Waals surface area contributed by atoms with Gasteiger partial charge in [0.25, 0.3) is 11.8 Å². The number of nitrogens with one attached hydrogen (secondary N) is 2. The molecule has 0 saturated heterocycles. The molecule has 7 heteroatoms.